The maximum atomic E-state index is 8.96. The fourth-order valence-corrected chi connectivity index (χ4v) is 2.31. The highest BCUT2D eigenvalue weighted by atomic mass is 16.5. The summed E-state index contributed by atoms with van der Waals surface area (Å²) in [7, 11) is 1.97. The molecule has 1 aromatic heterocycles. The monoisotopic (exact) mass is 277 g/mol. The smallest absolute Gasteiger partial charge is 0.119 e. The van der Waals surface area contributed by atoms with E-state index < -0.39 is 0 Å². The first kappa shape index (κ1) is 13.2. The molecule has 0 aliphatic rings. The average Bonchev–Trinajstić information content (AvgIpc) is 2.84. The molecule has 0 bridgehead atoms. The predicted octanol–water partition coefficient (Wildman–Crippen LogP) is 3.07. The highest BCUT2D eigenvalue weighted by molar-refractivity contribution is 5.77. The maximum absolute atomic E-state index is 8.96. The van der Waals surface area contributed by atoms with Crippen molar-refractivity contribution < 1.29 is 4.74 Å². The van der Waals surface area contributed by atoms with Gasteiger partial charge in [0.1, 0.15) is 11.6 Å². The van der Waals surface area contributed by atoms with Crippen molar-refractivity contribution >= 4 is 11.0 Å². The van der Waals surface area contributed by atoms with E-state index in [1.165, 1.54) is 0 Å². The zero-order chi connectivity index (χ0) is 14.7. The van der Waals surface area contributed by atoms with E-state index in [0.717, 1.165) is 29.0 Å². The fourth-order valence-electron chi connectivity index (χ4n) is 2.31. The first-order valence-corrected chi connectivity index (χ1v) is 6.81. The van der Waals surface area contributed by atoms with Gasteiger partial charge in [-0.15, -0.1) is 0 Å². The Kier molecular flexibility index (Phi) is 3.57. The number of fused-ring (bicyclic) bond motifs is 1. The van der Waals surface area contributed by atoms with E-state index in [2.05, 4.69) is 11.1 Å². The highest BCUT2D eigenvalue weighted by Crippen LogP contribution is 2.17. The highest BCUT2D eigenvalue weighted by Gasteiger charge is 2.08. The molecule has 104 valence electrons. The van der Waals surface area contributed by atoms with E-state index >= 15 is 0 Å². The summed E-state index contributed by atoms with van der Waals surface area (Å²) in [6, 6.07) is 17.4. The Bertz CT molecular complexity index is 800. The molecular weight excluding hydrogens is 262 g/mol. The molecule has 4 heteroatoms. The second kappa shape index (κ2) is 5.68. The Morgan fingerprint density at radius 2 is 2.00 bits per heavy atom. The Morgan fingerprint density at radius 3 is 2.76 bits per heavy atom. The third kappa shape index (κ3) is 2.72. The van der Waals surface area contributed by atoms with Gasteiger partial charge >= 0.3 is 0 Å². The van der Waals surface area contributed by atoms with Gasteiger partial charge in [-0.05, 0) is 30.3 Å². The summed E-state index contributed by atoms with van der Waals surface area (Å²) in [4.78, 5) is 4.59. The molecule has 0 aliphatic carbocycles. The van der Waals surface area contributed by atoms with Crippen LogP contribution in [0.3, 0.4) is 0 Å². The van der Waals surface area contributed by atoms with Crippen molar-refractivity contribution in [1.82, 2.24) is 9.55 Å². The van der Waals surface area contributed by atoms with E-state index in [0.29, 0.717) is 12.2 Å². The second-order valence-electron chi connectivity index (χ2n) is 4.81. The maximum Gasteiger partial charge on any atom is 0.119 e. The molecule has 21 heavy (non-hydrogen) atoms. The Morgan fingerprint density at radius 1 is 1.19 bits per heavy atom. The Hall–Kier alpha value is -2.80. The van der Waals surface area contributed by atoms with Gasteiger partial charge in [-0.25, -0.2) is 4.98 Å². The molecule has 0 spiro atoms. The minimum absolute atomic E-state index is 0.576. The minimum atomic E-state index is 0.576. The number of imidazole rings is 1. The number of hydrogen-bond acceptors (Lipinski definition) is 3. The lowest BCUT2D eigenvalue weighted by Crippen LogP contribution is -2.06. The number of hydrogen-bond donors (Lipinski definition) is 0. The minimum Gasteiger partial charge on any atom is -0.493 e. The lowest BCUT2D eigenvalue weighted by atomic mass is 10.2. The van der Waals surface area contributed by atoms with E-state index in [9.17, 15) is 0 Å². The van der Waals surface area contributed by atoms with Crippen LogP contribution in [0.5, 0.6) is 5.75 Å². The molecule has 0 atom stereocenters. The van der Waals surface area contributed by atoms with Crippen LogP contribution >= 0.6 is 0 Å². The first-order chi connectivity index (χ1) is 10.3. The molecule has 0 radical (unpaired) electrons. The molecule has 0 aliphatic heterocycles. The zero-order valence-corrected chi connectivity index (χ0v) is 11.8. The molecule has 0 N–H and O–H groups in total. The van der Waals surface area contributed by atoms with Crippen LogP contribution in [0.1, 0.15) is 11.4 Å². The summed E-state index contributed by atoms with van der Waals surface area (Å²) in [6.45, 7) is 0.576. The number of nitrogens with zero attached hydrogens (tertiary/aromatic N) is 3. The van der Waals surface area contributed by atoms with Gasteiger partial charge in [0, 0.05) is 13.5 Å². The van der Waals surface area contributed by atoms with Crippen LogP contribution in [0.15, 0.2) is 48.5 Å². The number of para-hydroxylation sites is 1. The van der Waals surface area contributed by atoms with Gasteiger partial charge in [0.2, 0.25) is 0 Å². The van der Waals surface area contributed by atoms with Gasteiger partial charge < -0.3 is 9.30 Å². The van der Waals surface area contributed by atoms with E-state index in [1.807, 2.05) is 54.1 Å². The van der Waals surface area contributed by atoms with Crippen LogP contribution < -0.4 is 4.74 Å². The number of nitriles is 1. The Labute approximate surface area is 123 Å². The fraction of sp³-hybridized carbons (Fsp3) is 0.176. The van der Waals surface area contributed by atoms with Crippen molar-refractivity contribution in [3.8, 4) is 11.8 Å². The first-order valence-electron chi connectivity index (χ1n) is 6.81. The van der Waals surface area contributed by atoms with Gasteiger partial charge in [-0.1, -0.05) is 18.2 Å². The summed E-state index contributed by atoms with van der Waals surface area (Å²) in [5, 5.41) is 8.96. The summed E-state index contributed by atoms with van der Waals surface area (Å²) in [6.07, 6.45) is 0.724. The topological polar surface area (TPSA) is 50.8 Å². The third-order valence-corrected chi connectivity index (χ3v) is 3.44. The van der Waals surface area contributed by atoms with Crippen molar-refractivity contribution in [2.45, 2.75) is 6.42 Å². The second-order valence-corrected chi connectivity index (χ2v) is 4.81. The molecule has 3 aromatic rings. The molecule has 0 amide bonds. The molecule has 0 saturated carbocycles. The van der Waals surface area contributed by atoms with Gasteiger partial charge in [0.25, 0.3) is 0 Å². The van der Waals surface area contributed by atoms with Crippen molar-refractivity contribution in [3.63, 3.8) is 0 Å². The van der Waals surface area contributed by atoms with E-state index in [-0.39, 0.29) is 0 Å². The van der Waals surface area contributed by atoms with Crippen molar-refractivity contribution in [2.75, 3.05) is 6.61 Å². The van der Waals surface area contributed by atoms with Crippen LogP contribution in [0.25, 0.3) is 11.0 Å². The molecule has 0 saturated heterocycles. The standard InChI is InChI=1S/C17H15N3O/c1-20-16-11-13(12-18)7-8-15(16)19-17(20)9-10-21-14-5-3-2-4-6-14/h2-8,11H,9-10H2,1H3. The number of benzene rings is 2. The largest absolute Gasteiger partial charge is 0.493 e. The zero-order valence-electron chi connectivity index (χ0n) is 11.8. The van der Waals surface area contributed by atoms with E-state index in [1.54, 1.807) is 6.07 Å². The van der Waals surface area contributed by atoms with Crippen LogP contribution in [-0.4, -0.2) is 16.2 Å². The SMILES string of the molecule is Cn1c(CCOc2ccccc2)nc2ccc(C#N)cc21. The molecule has 0 unspecified atom stereocenters. The summed E-state index contributed by atoms with van der Waals surface area (Å²) < 4.78 is 7.72. The van der Waals surface area contributed by atoms with Crippen molar-refractivity contribution in [3.05, 3.63) is 59.9 Å². The lowest BCUT2D eigenvalue weighted by molar-refractivity contribution is 0.318. The number of aryl methyl sites for hydroxylation is 1. The van der Waals surface area contributed by atoms with Crippen LogP contribution in [0, 0.1) is 11.3 Å². The van der Waals surface area contributed by atoms with Crippen molar-refractivity contribution in [1.29, 1.82) is 5.26 Å². The Balaban J connectivity index is 1.75. The summed E-state index contributed by atoms with van der Waals surface area (Å²) in [5.74, 6) is 1.82. The van der Waals surface area contributed by atoms with Crippen LogP contribution in [0.2, 0.25) is 0 Å². The summed E-state index contributed by atoms with van der Waals surface area (Å²) >= 11 is 0. The normalized spacial score (nSPS) is 10.5. The summed E-state index contributed by atoms with van der Waals surface area (Å²) in [5.41, 5.74) is 2.53. The number of rotatable bonds is 4. The molecule has 2 aromatic carbocycles. The number of aromatic nitrogens is 2. The molecule has 1 heterocycles. The molecule has 4 nitrogen and oxygen atoms in total. The lowest BCUT2D eigenvalue weighted by Gasteiger charge is -2.06. The van der Waals surface area contributed by atoms with Gasteiger partial charge in [-0.2, -0.15) is 5.26 Å². The molecule has 0 fully saturated rings. The third-order valence-electron chi connectivity index (χ3n) is 3.44. The van der Waals surface area contributed by atoms with Crippen LogP contribution in [-0.2, 0) is 13.5 Å². The van der Waals surface area contributed by atoms with Crippen LogP contribution in [0.4, 0.5) is 0 Å². The quantitative estimate of drug-likeness (QED) is 0.736. The molecular formula is C17H15N3O. The van der Waals surface area contributed by atoms with Gasteiger partial charge in [0.15, 0.2) is 0 Å². The number of ether oxygens (including phenoxy) is 1. The predicted molar refractivity (Wildman–Crippen MR) is 81.1 cm³/mol. The van der Waals surface area contributed by atoms with Gasteiger partial charge in [0.05, 0.1) is 29.3 Å². The van der Waals surface area contributed by atoms with Crippen molar-refractivity contribution in [2.24, 2.45) is 7.05 Å². The van der Waals surface area contributed by atoms with E-state index in [4.69, 9.17) is 10.00 Å². The van der Waals surface area contributed by atoms with Gasteiger partial charge in [-0.3, -0.25) is 0 Å². The molecule has 3 rings (SSSR count). The average molecular weight is 277 g/mol.